The number of benzene rings is 2. The molecule has 0 radical (unpaired) electrons. The minimum atomic E-state index is -3.57. The van der Waals surface area contributed by atoms with Gasteiger partial charge in [0.25, 0.3) is 0 Å². The first-order chi connectivity index (χ1) is 18.0. The molecule has 0 aliphatic carbocycles. The highest BCUT2D eigenvalue weighted by molar-refractivity contribution is 7.92. The fourth-order valence-electron chi connectivity index (χ4n) is 4.57. The van der Waals surface area contributed by atoms with Crippen molar-refractivity contribution in [2.45, 2.75) is 39.3 Å². The Bertz CT molecular complexity index is 1400. The molecule has 1 aliphatic rings. The molecular weight excluding hydrogens is 547 g/mol. The van der Waals surface area contributed by atoms with Gasteiger partial charge in [0.05, 0.1) is 24.1 Å². The zero-order valence-corrected chi connectivity index (χ0v) is 24.1. The van der Waals surface area contributed by atoms with Crippen LogP contribution in [0, 0.1) is 5.82 Å². The summed E-state index contributed by atoms with van der Waals surface area (Å²) < 4.78 is 41.2. The van der Waals surface area contributed by atoms with E-state index in [9.17, 15) is 17.6 Å². The van der Waals surface area contributed by atoms with Crippen LogP contribution < -0.4 is 4.31 Å². The Labute approximate surface area is 232 Å². The van der Waals surface area contributed by atoms with E-state index in [2.05, 4.69) is 23.7 Å². The molecule has 3 aromatic rings. The van der Waals surface area contributed by atoms with Crippen molar-refractivity contribution in [3.8, 4) is 10.6 Å². The highest BCUT2D eigenvalue weighted by atomic mass is 35.5. The van der Waals surface area contributed by atoms with Crippen LogP contribution in [0.4, 0.5) is 10.1 Å². The molecule has 7 nitrogen and oxygen atoms in total. The minimum Gasteiger partial charge on any atom is -0.337 e. The number of halogens is 2. The molecule has 0 unspecified atom stereocenters. The third kappa shape index (κ3) is 6.91. The van der Waals surface area contributed by atoms with Crippen LogP contribution in [0.3, 0.4) is 0 Å². The van der Waals surface area contributed by atoms with E-state index in [1.165, 1.54) is 28.0 Å². The average Bonchev–Trinajstić information content (AvgIpc) is 3.29. The summed E-state index contributed by atoms with van der Waals surface area (Å²) in [6.07, 6.45) is 1.89. The Hall–Kier alpha value is -2.53. The Morgan fingerprint density at radius 1 is 1.13 bits per heavy atom. The van der Waals surface area contributed by atoms with Crippen LogP contribution in [0.2, 0.25) is 5.02 Å². The Morgan fingerprint density at radius 2 is 1.89 bits per heavy atom. The average molecular weight is 579 g/mol. The smallest absolute Gasteiger partial charge is 0.232 e. The Kier molecular flexibility index (Phi) is 9.07. The summed E-state index contributed by atoms with van der Waals surface area (Å²) >= 11 is 7.58. The minimum absolute atomic E-state index is 0.0609. The lowest BCUT2D eigenvalue weighted by atomic mass is 10.1. The number of thiazole rings is 1. The number of rotatable bonds is 5. The molecular formula is C27H32ClFN4O3S2. The predicted molar refractivity (Wildman–Crippen MR) is 152 cm³/mol. The molecule has 1 amide bonds. The number of carbonyl (C=O) groups is 1. The van der Waals surface area contributed by atoms with Crippen molar-refractivity contribution in [3.05, 3.63) is 69.9 Å². The number of aromatic nitrogens is 1. The predicted octanol–water partition coefficient (Wildman–Crippen LogP) is 5.05. The van der Waals surface area contributed by atoms with Crippen LogP contribution in [0.5, 0.6) is 0 Å². The van der Waals surface area contributed by atoms with E-state index in [0.717, 1.165) is 0 Å². The fraction of sp³-hybridized carbons (Fsp3) is 0.407. The lowest BCUT2D eigenvalue weighted by molar-refractivity contribution is -0.131. The van der Waals surface area contributed by atoms with E-state index < -0.39 is 10.0 Å². The number of fused-ring (bicyclic) bond motifs is 1. The van der Waals surface area contributed by atoms with E-state index in [4.69, 9.17) is 11.6 Å². The quantitative estimate of drug-likeness (QED) is 0.423. The molecule has 0 atom stereocenters. The monoisotopic (exact) mass is 578 g/mol. The summed E-state index contributed by atoms with van der Waals surface area (Å²) in [5, 5.41) is 2.74. The van der Waals surface area contributed by atoms with Gasteiger partial charge in [-0.2, -0.15) is 0 Å². The van der Waals surface area contributed by atoms with E-state index in [-0.39, 0.29) is 30.7 Å². The molecule has 1 aromatic heterocycles. The first-order valence-electron chi connectivity index (χ1n) is 12.5. The van der Waals surface area contributed by atoms with Gasteiger partial charge in [-0.05, 0) is 50.1 Å². The maximum Gasteiger partial charge on any atom is 0.232 e. The molecule has 11 heteroatoms. The lowest BCUT2D eigenvalue weighted by Gasteiger charge is -2.30. The summed E-state index contributed by atoms with van der Waals surface area (Å²) in [5.41, 5.74) is 2.18. The van der Waals surface area contributed by atoms with Crippen molar-refractivity contribution in [1.29, 1.82) is 0 Å². The fourth-order valence-corrected chi connectivity index (χ4v) is 6.57. The number of hydrogen-bond acceptors (Lipinski definition) is 6. The molecule has 0 bridgehead atoms. The molecule has 0 spiro atoms. The first-order valence-corrected chi connectivity index (χ1v) is 15.6. The van der Waals surface area contributed by atoms with Crippen molar-refractivity contribution in [1.82, 2.24) is 14.8 Å². The first kappa shape index (κ1) is 28.5. The molecule has 0 saturated carbocycles. The topological polar surface area (TPSA) is 73.8 Å². The van der Waals surface area contributed by atoms with Crippen LogP contribution >= 0.6 is 22.9 Å². The third-order valence-electron chi connectivity index (χ3n) is 6.61. The molecule has 204 valence electrons. The summed E-state index contributed by atoms with van der Waals surface area (Å²) in [7, 11) is -3.57. The van der Waals surface area contributed by atoms with Gasteiger partial charge >= 0.3 is 0 Å². The SMILES string of the molecule is CC(C)N1CCCN(S(C)(=O)=O)c2cc(Cl)ccc2CN(C(=O)Cc2csc(-c3ccccc3F)n2)CC1. The van der Waals surface area contributed by atoms with Crippen LogP contribution in [0.15, 0.2) is 47.8 Å². The molecule has 0 fully saturated rings. The second kappa shape index (κ2) is 12.1. The van der Waals surface area contributed by atoms with Crippen molar-refractivity contribution in [2.75, 3.05) is 36.7 Å². The molecule has 2 heterocycles. The molecule has 0 N–H and O–H groups in total. The zero-order chi connectivity index (χ0) is 27.4. The van der Waals surface area contributed by atoms with Crippen LogP contribution in [0.1, 0.15) is 31.5 Å². The summed E-state index contributed by atoms with van der Waals surface area (Å²) in [5.74, 6) is -0.489. The van der Waals surface area contributed by atoms with E-state index in [0.29, 0.717) is 65.1 Å². The maximum absolute atomic E-state index is 14.2. The normalized spacial score (nSPS) is 15.8. The maximum atomic E-state index is 14.2. The highest BCUT2D eigenvalue weighted by Crippen LogP contribution is 2.30. The Balaban J connectivity index is 1.64. The van der Waals surface area contributed by atoms with E-state index >= 15 is 0 Å². The van der Waals surface area contributed by atoms with Crippen LogP contribution in [0.25, 0.3) is 10.6 Å². The largest absolute Gasteiger partial charge is 0.337 e. The Morgan fingerprint density at radius 3 is 2.61 bits per heavy atom. The van der Waals surface area contributed by atoms with Crippen molar-refractivity contribution < 1.29 is 17.6 Å². The van der Waals surface area contributed by atoms with E-state index in [1.54, 1.807) is 46.7 Å². The van der Waals surface area contributed by atoms with Crippen molar-refractivity contribution in [2.24, 2.45) is 0 Å². The highest BCUT2D eigenvalue weighted by Gasteiger charge is 2.26. The van der Waals surface area contributed by atoms with Crippen LogP contribution in [-0.4, -0.2) is 67.6 Å². The number of anilines is 1. The van der Waals surface area contributed by atoms with Gasteiger partial charge in [0, 0.05) is 54.7 Å². The van der Waals surface area contributed by atoms with Gasteiger partial charge in [-0.15, -0.1) is 11.3 Å². The number of amides is 1. The van der Waals surface area contributed by atoms with Crippen molar-refractivity contribution in [3.63, 3.8) is 0 Å². The van der Waals surface area contributed by atoms with E-state index in [1.807, 2.05) is 0 Å². The number of sulfonamides is 1. The van der Waals surface area contributed by atoms with Gasteiger partial charge < -0.3 is 4.90 Å². The second-order valence-corrected chi connectivity index (χ2v) is 12.9. The molecule has 0 saturated heterocycles. The van der Waals surface area contributed by atoms with Gasteiger partial charge in [0.1, 0.15) is 10.8 Å². The molecule has 2 aromatic carbocycles. The van der Waals surface area contributed by atoms with Gasteiger partial charge in [0.15, 0.2) is 0 Å². The van der Waals surface area contributed by atoms with Gasteiger partial charge in [-0.1, -0.05) is 29.8 Å². The summed E-state index contributed by atoms with van der Waals surface area (Å²) in [4.78, 5) is 22.1. The van der Waals surface area contributed by atoms with Gasteiger partial charge in [-0.25, -0.2) is 17.8 Å². The standard InChI is InChI=1S/C27H32ClFN4O3S2/c1-19(2)31-11-6-12-33(38(3,35)36)25-15-21(28)10-9-20(25)17-32(14-13-31)26(34)16-22-18-37-27(30-22)23-7-4-5-8-24(23)29/h4-5,7-10,15,18-19H,6,11-14,16-17H2,1-3H3. The summed E-state index contributed by atoms with van der Waals surface area (Å²) in [6.45, 7) is 6.56. The van der Waals surface area contributed by atoms with Gasteiger partial charge in [0.2, 0.25) is 15.9 Å². The van der Waals surface area contributed by atoms with Crippen LogP contribution in [-0.2, 0) is 27.8 Å². The number of carbonyl (C=O) groups excluding carboxylic acids is 1. The third-order valence-corrected chi connectivity index (χ3v) is 8.95. The lowest BCUT2D eigenvalue weighted by Crippen LogP contribution is -2.41. The zero-order valence-electron chi connectivity index (χ0n) is 21.7. The second-order valence-electron chi connectivity index (χ2n) is 9.71. The number of nitrogens with zero attached hydrogens (tertiary/aromatic N) is 4. The summed E-state index contributed by atoms with van der Waals surface area (Å²) in [6, 6.07) is 11.8. The number of hydrogen-bond donors (Lipinski definition) is 0. The molecule has 38 heavy (non-hydrogen) atoms. The molecule has 1 aliphatic heterocycles. The molecule has 4 rings (SSSR count). The van der Waals surface area contributed by atoms with Gasteiger partial charge in [-0.3, -0.25) is 14.0 Å². The van der Waals surface area contributed by atoms with Crippen molar-refractivity contribution >= 4 is 44.6 Å².